The molecule has 0 fully saturated rings. The minimum Gasteiger partial charge on any atom is -0.427 e. The number of pyridine rings is 2. The van der Waals surface area contributed by atoms with Crippen LogP contribution in [0.25, 0.3) is 28.4 Å². The number of aliphatic hydroxyl groups excluding tert-OH is 1. The molecule has 0 amide bonds. The summed E-state index contributed by atoms with van der Waals surface area (Å²) < 4.78 is 7.21. The third-order valence-electron chi connectivity index (χ3n) is 8.97. The van der Waals surface area contributed by atoms with Crippen LogP contribution in [-0.4, -0.2) is 50.5 Å². The zero-order valence-electron chi connectivity index (χ0n) is 26.0. The molecule has 1 aliphatic carbocycles. The monoisotopic (exact) mass is 636 g/mol. The zero-order chi connectivity index (χ0) is 33.3. The molecule has 11 nitrogen and oxygen atoms in total. The summed E-state index contributed by atoms with van der Waals surface area (Å²) in [6.45, 7) is 2.66. The van der Waals surface area contributed by atoms with Gasteiger partial charge < -0.3 is 30.6 Å². The second-order valence-corrected chi connectivity index (χ2v) is 11.9. The number of nitrogens with one attached hydrogen (secondary N) is 1. The van der Waals surface area contributed by atoms with Gasteiger partial charge in [0, 0.05) is 47.2 Å². The first-order valence-electron chi connectivity index (χ1n) is 15.7. The lowest BCUT2D eigenvalue weighted by Gasteiger charge is -2.32. The van der Waals surface area contributed by atoms with Crippen LogP contribution in [0.15, 0.2) is 59.4 Å². The molecule has 0 bridgehead atoms. The highest BCUT2D eigenvalue weighted by Gasteiger charge is 2.43. The molecule has 3 heterocycles. The number of carbonyl (C=O) groups is 3. The summed E-state index contributed by atoms with van der Waals surface area (Å²) in [6, 6.07) is 14.4. The first-order valence-corrected chi connectivity index (χ1v) is 15.7. The molecular weight excluding hydrogens is 600 g/mol. The van der Waals surface area contributed by atoms with E-state index in [4.69, 9.17) is 20.6 Å². The van der Waals surface area contributed by atoms with E-state index in [0.717, 1.165) is 11.1 Å². The number of nitrogens with zero attached hydrogens (tertiary/aromatic N) is 2. The molecule has 5 N–H and O–H groups in total. The van der Waals surface area contributed by atoms with Crippen LogP contribution >= 0.6 is 0 Å². The van der Waals surface area contributed by atoms with E-state index in [1.165, 1.54) is 6.08 Å². The van der Waals surface area contributed by atoms with Gasteiger partial charge in [-0.25, -0.2) is 4.98 Å². The predicted octanol–water partition coefficient (Wildman–Crippen LogP) is 3.17. The number of fused-ring (bicyclic) bond motifs is 5. The fourth-order valence-corrected chi connectivity index (χ4v) is 6.30. The van der Waals surface area contributed by atoms with Crippen LogP contribution in [0, 0.1) is 0 Å². The molecule has 0 radical (unpaired) electrons. The van der Waals surface area contributed by atoms with Crippen molar-refractivity contribution in [3.05, 3.63) is 92.8 Å². The number of carbonyl (C=O) groups excluding carboxylic acids is 3. The number of rotatable bonds is 11. The number of esters is 1. The van der Waals surface area contributed by atoms with Gasteiger partial charge in [-0.05, 0) is 67.3 Å². The average Bonchev–Trinajstić information content (AvgIpc) is 3.45. The molecule has 242 valence electrons. The molecule has 0 saturated heterocycles. The number of nitrogens with two attached hydrogens (primary N) is 1. The van der Waals surface area contributed by atoms with Crippen molar-refractivity contribution >= 4 is 40.2 Å². The van der Waals surface area contributed by atoms with E-state index in [9.17, 15) is 24.3 Å². The maximum absolute atomic E-state index is 13.5. The second-order valence-electron chi connectivity index (χ2n) is 11.9. The van der Waals surface area contributed by atoms with Gasteiger partial charge in [-0.2, -0.15) is 0 Å². The summed E-state index contributed by atoms with van der Waals surface area (Å²) in [5.74, 6) is -0.675. The van der Waals surface area contributed by atoms with E-state index in [0.29, 0.717) is 69.9 Å². The van der Waals surface area contributed by atoms with E-state index in [2.05, 4.69) is 5.32 Å². The molecule has 2 aromatic heterocycles. The van der Waals surface area contributed by atoms with Crippen molar-refractivity contribution in [3.63, 3.8) is 0 Å². The molecule has 2 aliphatic rings. The summed E-state index contributed by atoms with van der Waals surface area (Å²) in [4.78, 5) is 54.8. The standard InChI is InChI=1S/C36H36N4O7/c1-2-36(46)28-17-30-34-27(19-40(30)35(45)25(28)12-14-31(36)43)33(37)26-16-24(11-13-29(26)39-34)47-32(44)4-3-15-38-18-22-7-5-21(6-8-22)9-10-23(42)20-41/h5-11,13,16-17,38,41,46H,2-4,12,14-15,18-20H2,1H3,(H2,37,39)/b10-9+/t36-/m0/s1. The number of hydrogen-bond donors (Lipinski definition) is 4. The van der Waals surface area contributed by atoms with E-state index >= 15 is 0 Å². The topological polar surface area (TPSA) is 174 Å². The fraction of sp³-hybridized carbons (Fsp3) is 0.306. The van der Waals surface area contributed by atoms with Gasteiger partial charge in [0.15, 0.2) is 11.6 Å². The summed E-state index contributed by atoms with van der Waals surface area (Å²) in [7, 11) is 0. The number of anilines is 1. The van der Waals surface area contributed by atoms with E-state index in [-0.39, 0.29) is 55.3 Å². The van der Waals surface area contributed by atoms with Crippen molar-refractivity contribution in [2.75, 3.05) is 18.9 Å². The lowest BCUT2D eigenvalue weighted by molar-refractivity contribution is -0.140. The molecule has 6 rings (SSSR count). The summed E-state index contributed by atoms with van der Waals surface area (Å²) in [5.41, 5.74) is 10.1. The van der Waals surface area contributed by atoms with Gasteiger partial charge in [-0.3, -0.25) is 19.2 Å². The van der Waals surface area contributed by atoms with E-state index < -0.39 is 12.2 Å². The van der Waals surface area contributed by atoms with Crippen molar-refractivity contribution < 1.29 is 29.3 Å². The third-order valence-corrected chi connectivity index (χ3v) is 8.97. The number of hydrogen-bond acceptors (Lipinski definition) is 10. The SMILES string of the molecule is CC[C@@]1(O)C(=O)CCc2c1cc1n(c2=O)Cc2c-1nc1ccc(OC(=O)CCCNCc3ccc(/C=C/C(=O)CO)cc3)cc1c2N. The predicted molar refractivity (Wildman–Crippen MR) is 177 cm³/mol. The zero-order valence-corrected chi connectivity index (χ0v) is 26.0. The maximum Gasteiger partial charge on any atom is 0.311 e. The Labute approximate surface area is 270 Å². The van der Waals surface area contributed by atoms with Crippen LogP contribution in [0.5, 0.6) is 5.75 Å². The van der Waals surface area contributed by atoms with Gasteiger partial charge in [0.05, 0.1) is 23.4 Å². The highest BCUT2D eigenvalue weighted by Crippen LogP contribution is 2.41. The molecule has 0 spiro atoms. The number of aliphatic hydroxyl groups is 2. The number of Topliss-reactive ketones (excluding diaryl/α,β-unsaturated/α-hetero) is 1. The number of ether oxygens (including phenoxy) is 1. The van der Waals surface area contributed by atoms with E-state index in [1.807, 2.05) is 24.3 Å². The Kier molecular flexibility index (Phi) is 8.87. The van der Waals surface area contributed by atoms with Gasteiger partial charge in [0.25, 0.3) is 5.56 Å². The molecule has 0 saturated carbocycles. The third kappa shape index (κ3) is 6.12. The molecule has 1 atom stereocenters. The summed E-state index contributed by atoms with van der Waals surface area (Å²) in [6.07, 6.45) is 4.35. The van der Waals surface area contributed by atoms with E-state index in [1.54, 1.807) is 41.8 Å². The Morgan fingerprint density at radius 2 is 1.89 bits per heavy atom. The number of nitrogen functional groups attached to an aromatic ring is 1. The van der Waals surface area contributed by atoms with Crippen LogP contribution in [0.2, 0.25) is 0 Å². The first-order chi connectivity index (χ1) is 22.6. The molecule has 1 aliphatic heterocycles. The molecule has 4 aromatic rings. The van der Waals surface area contributed by atoms with Crippen molar-refractivity contribution in [3.8, 4) is 17.1 Å². The van der Waals surface area contributed by atoms with Gasteiger partial charge in [0.2, 0.25) is 0 Å². The number of ketones is 2. The number of aromatic nitrogens is 2. The normalized spacial score (nSPS) is 16.7. The minimum absolute atomic E-state index is 0.118. The highest BCUT2D eigenvalue weighted by molar-refractivity contribution is 5.97. The summed E-state index contributed by atoms with van der Waals surface area (Å²) in [5, 5.41) is 23.9. The van der Waals surface area contributed by atoms with Crippen molar-refractivity contribution in [2.24, 2.45) is 0 Å². The lowest BCUT2D eigenvalue weighted by atomic mass is 9.77. The van der Waals surface area contributed by atoms with Crippen LogP contribution < -0.4 is 21.3 Å². The first kappa shape index (κ1) is 32.0. The van der Waals surface area contributed by atoms with Gasteiger partial charge in [0.1, 0.15) is 18.0 Å². The second kappa shape index (κ2) is 13.0. The molecule has 2 aromatic carbocycles. The minimum atomic E-state index is -1.70. The Hall–Kier alpha value is -4.97. The molecular formula is C36H36N4O7. The molecule has 11 heteroatoms. The van der Waals surface area contributed by atoms with Gasteiger partial charge in [-0.15, -0.1) is 0 Å². The van der Waals surface area contributed by atoms with Crippen LogP contribution in [0.1, 0.15) is 60.4 Å². The quantitative estimate of drug-likeness (QED) is 0.0730. The van der Waals surface area contributed by atoms with Crippen molar-refractivity contribution in [1.29, 1.82) is 0 Å². The Morgan fingerprint density at radius 1 is 1.11 bits per heavy atom. The smallest absolute Gasteiger partial charge is 0.311 e. The summed E-state index contributed by atoms with van der Waals surface area (Å²) >= 11 is 0. The van der Waals surface area contributed by atoms with Crippen molar-refractivity contribution in [1.82, 2.24) is 14.9 Å². The van der Waals surface area contributed by atoms with Crippen LogP contribution in [0.3, 0.4) is 0 Å². The average molecular weight is 637 g/mol. The Balaban J connectivity index is 1.09. The van der Waals surface area contributed by atoms with Crippen molar-refractivity contribution in [2.45, 2.75) is 57.7 Å². The van der Waals surface area contributed by atoms with Gasteiger partial charge in [-0.1, -0.05) is 37.3 Å². The van der Waals surface area contributed by atoms with Crippen LogP contribution in [-0.2, 0) is 39.5 Å². The highest BCUT2D eigenvalue weighted by atomic mass is 16.5. The fourth-order valence-electron chi connectivity index (χ4n) is 6.30. The Morgan fingerprint density at radius 3 is 2.64 bits per heavy atom. The molecule has 47 heavy (non-hydrogen) atoms. The lowest BCUT2D eigenvalue weighted by Crippen LogP contribution is -2.43. The molecule has 0 unspecified atom stereocenters. The van der Waals surface area contributed by atoms with Gasteiger partial charge >= 0.3 is 5.97 Å². The Bertz CT molecular complexity index is 2000. The number of benzene rings is 2. The maximum atomic E-state index is 13.5. The largest absolute Gasteiger partial charge is 0.427 e. The van der Waals surface area contributed by atoms with Crippen LogP contribution in [0.4, 0.5) is 5.69 Å².